The first-order chi connectivity index (χ1) is 12.3. The van der Waals surface area contributed by atoms with E-state index in [1.807, 2.05) is 16.8 Å². The van der Waals surface area contributed by atoms with Crippen molar-refractivity contribution in [1.82, 2.24) is 25.3 Å². The number of pyridine rings is 1. The average molecular weight is 339 g/mol. The molecule has 1 aliphatic heterocycles. The number of benzene rings is 1. The maximum atomic E-state index is 12.9. The maximum absolute atomic E-state index is 12.9. The topological polar surface area (TPSA) is 64.9 Å². The predicted molar refractivity (Wildman–Crippen MR) is 89.9 cm³/mol. The minimum atomic E-state index is -0.219. The van der Waals surface area contributed by atoms with Crippen LogP contribution in [-0.4, -0.2) is 32.6 Å². The van der Waals surface area contributed by atoms with Crippen molar-refractivity contribution in [3.63, 3.8) is 0 Å². The molecule has 1 aliphatic rings. The number of hydrogen-bond donors (Lipinski definition) is 1. The van der Waals surface area contributed by atoms with Gasteiger partial charge < -0.3 is 10.1 Å². The van der Waals surface area contributed by atoms with E-state index in [9.17, 15) is 4.39 Å². The fourth-order valence-corrected chi connectivity index (χ4v) is 2.90. The molecule has 0 fully saturated rings. The first-order valence-electron chi connectivity index (χ1n) is 8.19. The Morgan fingerprint density at radius 2 is 1.96 bits per heavy atom. The monoisotopic (exact) mass is 339 g/mol. The lowest BCUT2D eigenvalue weighted by molar-refractivity contribution is 0.00125. The summed E-state index contributed by atoms with van der Waals surface area (Å²) in [6.07, 6.45) is 3.51. The van der Waals surface area contributed by atoms with Crippen LogP contribution in [0.4, 0.5) is 4.39 Å². The van der Waals surface area contributed by atoms with Crippen molar-refractivity contribution in [2.45, 2.75) is 25.8 Å². The Hall–Kier alpha value is -2.64. The molecule has 3 aromatic rings. The van der Waals surface area contributed by atoms with Crippen molar-refractivity contribution in [3.05, 3.63) is 65.9 Å². The molecule has 1 aromatic carbocycles. The van der Waals surface area contributed by atoms with Crippen LogP contribution in [0.5, 0.6) is 0 Å². The van der Waals surface area contributed by atoms with Crippen molar-refractivity contribution >= 4 is 0 Å². The first kappa shape index (κ1) is 15.9. The summed E-state index contributed by atoms with van der Waals surface area (Å²) in [7, 11) is 0. The molecule has 0 bridgehead atoms. The number of rotatable bonds is 5. The van der Waals surface area contributed by atoms with E-state index in [2.05, 4.69) is 20.6 Å². The van der Waals surface area contributed by atoms with Crippen molar-refractivity contribution in [2.24, 2.45) is 0 Å². The third-order valence-corrected chi connectivity index (χ3v) is 4.24. The average Bonchev–Trinajstić information content (AvgIpc) is 3.07. The molecule has 7 heteroatoms. The lowest BCUT2D eigenvalue weighted by Gasteiger charge is -2.24. The fraction of sp³-hybridized carbons (Fsp3) is 0.278. The van der Waals surface area contributed by atoms with Crippen LogP contribution in [-0.2, 0) is 24.4 Å². The first-order valence-corrected chi connectivity index (χ1v) is 8.19. The highest BCUT2D eigenvalue weighted by Crippen LogP contribution is 2.24. The highest BCUT2D eigenvalue weighted by molar-refractivity contribution is 5.60. The largest absolute Gasteiger partial charge is 0.369 e. The van der Waals surface area contributed by atoms with Crippen LogP contribution in [0.1, 0.15) is 11.3 Å². The van der Waals surface area contributed by atoms with E-state index in [1.165, 1.54) is 12.1 Å². The van der Waals surface area contributed by atoms with Crippen LogP contribution in [0.25, 0.3) is 11.3 Å². The van der Waals surface area contributed by atoms with Gasteiger partial charge in [-0.25, -0.2) is 9.07 Å². The Balaban J connectivity index is 1.36. The molecule has 4 rings (SSSR count). The molecule has 25 heavy (non-hydrogen) atoms. The molecule has 0 unspecified atom stereocenters. The van der Waals surface area contributed by atoms with Crippen LogP contribution in [0.2, 0.25) is 0 Å². The van der Waals surface area contributed by atoms with Gasteiger partial charge in [-0.15, -0.1) is 5.10 Å². The number of aromatic nitrogens is 4. The quantitative estimate of drug-likeness (QED) is 0.772. The number of ether oxygens (including phenoxy) is 1. The van der Waals surface area contributed by atoms with Crippen LogP contribution in [0.15, 0.2) is 48.8 Å². The molecule has 1 atom stereocenters. The number of nitrogens with zero attached hydrogens (tertiary/aromatic N) is 4. The van der Waals surface area contributed by atoms with Gasteiger partial charge in [0.15, 0.2) is 0 Å². The number of nitrogens with one attached hydrogen (secondary N) is 1. The Kier molecular flexibility index (Phi) is 4.49. The van der Waals surface area contributed by atoms with E-state index >= 15 is 0 Å². The molecular weight excluding hydrogens is 321 g/mol. The van der Waals surface area contributed by atoms with Crippen LogP contribution in [0.3, 0.4) is 0 Å². The summed E-state index contributed by atoms with van der Waals surface area (Å²) in [4.78, 5) is 4.03. The van der Waals surface area contributed by atoms with Crippen molar-refractivity contribution in [3.8, 4) is 11.3 Å². The van der Waals surface area contributed by atoms with Crippen LogP contribution < -0.4 is 5.32 Å². The Morgan fingerprint density at radius 1 is 1.16 bits per heavy atom. The zero-order valence-corrected chi connectivity index (χ0v) is 13.6. The molecule has 0 saturated carbocycles. The molecule has 0 spiro atoms. The highest BCUT2D eigenvalue weighted by Gasteiger charge is 2.24. The van der Waals surface area contributed by atoms with E-state index < -0.39 is 0 Å². The van der Waals surface area contributed by atoms with E-state index in [4.69, 9.17) is 4.74 Å². The summed E-state index contributed by atoms with van der Waals surface area (Å²) in [6.45, 7) is 2.51. The van der Waals surface area contributed by atoms with E-state index in [1.54, 1.807) is 24.5 Å². The Labute approximate surface area is 144 Å². The Morgan fingerprint density at radius 3 is 2.76 bits per heavy atom. The summed E-state index contributed by atoms with van der Waals surface area (Å²) < 4.78 is 20.8. The summed E-state index contributed by atoms with van der Waals surface area (Å²) in [6, 6.07) is 10.3. The van der Waals surface area contributed by atoms with E-state index in [-0.39, 0.29) is 11.9 Å². The van der Waals surface area contributed by atoms with E-state index in [0.29, 0.717) is 26.2 Å². The SMILES string of the molecule is Fc1ccc(CNC[C@H]2Cn3nnc(-c4ccncc4)c3CO2)cc1. The zero-order valence-electron chi connectivity index (χ0n) is 13.6. The summed E-state index contributed by atoms with van der Waals surface area (Å²) >= 11 is 0. The zero-order chi connectivity index (χ0) is 17.1. The fourth-order valence-electron chi connectivity index (χ4n) is 2.90. The van der Waals surface area contributed by atoms with Gasteiger partial charge in [-0.1, -0.05) is 17.3 Å². The van der Waals surface area contributed by atoms with Gasteiger partial charge in [-0.05, 0) is 29.8 Å². The van der Waals surface area contributed by atoms with Gasteiger partial charge in [-0.3, -0.25) is 4.98 Å². The lowest BCUT2D eigenvalue weighted by Crippen LogP contribution is -2.36. The standard InChI is InChI=1S/C18H18FN5O/c19-15-3-1-13(2-4-15)9-21-10-16-11-24-17(12-25-16)18(22-23-24)14-5-7-20-8-6-14/h1-8,16,21H,9-12H2/t16-/m0/s1. The number of hydrogen-bond acceptors (Lipinski definition) is 5. The normalized spacial score (nSPS) is 16.6. The van der Waals surface area contributed by atoms with Crippen LogP contribution >= 0.6 is 0 Å². The molecule has 2 aromatic heterocycles. The highest BCUT2D eigenvalue weighted by atomic mass is 19.1. The third kappa shape index (κ3) is 3.57. The summed E-state index contributed by atoms with van der Waals surface area (Å²) in [5, 5.41) is 11.9. The van der Waals surface area contributed by atoms with Gasteiger partial charge in [0.25, 0.3) is 0 Å². The van der Waals surface area contributed by atoms with Crippen molar-refractivity contribution in [2.75, 3.05) is 6.54 Å². The molecule has 3 heterocycles. The number of halogens is 1. The maximum Gasteiger partial charge on any atom is 0.123 e. The van der Waals surface area contributed by atoms with Crippen molar-refractivity contribution in [1.29, 1.82) is 0 Å². The molecule has 128 valence electrons. The summed E-state index contributed by atoms with van der Waals surface area (Å²) in [5.41, 5.74) is 3.87. The van der Waals surface area contributed by atoms with Gasteiger partial charge in [0.1, 0.15) is 11.5 Å². The minimum absolute atomic E-state index is 0.0277. The molecule has 1 N–H and O–H groups in total. The van der Waals surface area contributed by atoms with E-state index in [0.717, 1.165) is 22.5 Å². The molecule has 6 nitrogen and oxygen atoms in total. The second-order valence-corrected chi connectivity index (χ2v) is 5.99. The molecule has 0 amide bonds. The second kappa shape index (κ2) is 7.08. The van der Waals surface area contributed by atoms with Crippen LogP contribution in [0, 0.1) is 5.82 Å². The second-order valence-electron chi connectivity index (χ2n) is 5.99. The van der Waals surface area contributed by atoms with Crippen molar-refractivity contribution < 1.29 is 9.13 Å². The van der Waals surface area contributed by atoms with Gasteiger partial charge in [-0.2, -0.15) is 0 Å². The lowest BCUT2D eigenvalue weighted by atomic mass is 10.1. The van der Waals surface area contributed by atoms with Gasteiger partial charge in [0.05, 0.1) is 24.9 Å². The van der Waals surface area contributed by atoms with Gasteiger partial charge in [0.2, 0.25) is 0 Å². The van der Waals surface area contributed by atoms with Gasteiger partial charge in [0, 0.05) is 31.0 Å². The smallest absolute Gasteiger partial charge is 0.123 e. The molecule has 0 saturated heterocycles. The predicted octanol–water partition coefficient (Wildman–Crippen LogP) is 2.17. The molecular formula is C18H18FN5O. The minimum Gasteiger partial charge on any atom is -0.369 e. The third-order valence-electron chi connectivity index (χ3n) is 4.24. The Bertz CT molecular complexity index is 834. The summed E-state index contributed by atoms with van der Waals surface area (Å²) in [5.74, 6) is -0.219. The molecule has 0 radical (unpaired) electrons. The molecule has 0 aliphatic carbocycles. The number of fused-ring (bicyclic) bond motifs is 1. The van der Waals surface area contributed by atoms with Gasteiger partial charge >= 0.3 is 0 Å².